The number of aliphatic hydroxyl groups excluding tert-OH is 1. The molecule has 0 saturated carbocycles. The Morgan fingerprint density at radius 2 is 2.33 bits per heavy atom. The summed E-state index contributed by atoms with van der Waals surface area (Å²) in [6.45, 7) is 2.04. The summed E-state index contributed by atoms with van der Waals surface area (Å²) in [4.78, 5) is 10.1. The van der Waals surface area contributed by atoms with Crippen molar-refractivity contribution in [2.45, 2.75) is 17.9 Å². The number of hydrogen-bond acceptors (Lipinski definition) is 4. The first-order chi connectivity index (χ1) is 7.13. The summed E-state index contributed by atoms with van der Waals surface area (Å²) < 4.78 is 0. The number of thioether (sulfide) groups is 1. The Labute approximate surface area is 92.5 Å². The van der Waals surface area contributed by atoms with Gasteiger partial charge in [0.25, 0.3) is 5.69 Å². The fourth-order valence-corrected chi connectivity index (χ4v) is 1.81. The van der Waals surface area contributed by atoms with Gasteiger partial charge >= 0.3 is 0 Å². The lowest BCUT2D eigenvalue weighted by Gasteiger charge is -2.06. The van der Waals surface area contributed by atoms with Gasteiger partial charge in [-0.25, -0.2) is 0 Å². The van der Waals surface area contributed by atoms with Gasteiger partial charge in [-0.3, -0.25) is 10.1 Å². The first-order valence-corrected chi connectivity index (χ1v) is 5.64. The first kappa shape index (κ1) is 12.0. The molecule has 0 fully saturated rings. The van der Waals surface area contributed by atoms with Crippen LogP contribution < -0.4 is 0 Å². The molecule has 0 spiro atoms. The highest BCUT2D eigenvalue weighted by Gasteiger charge is 2.06. The van der Waals surface area contributed by atoms with Crippen molar-refractivity contribution in [1.29, 1.82) is 0 Å². The van der Waals surface area contributed by atoms with Gasteiger partial charge in [-0.15, -0.1) is 0 Å². The number of hydrogen-bond donors (Lipinski definition) is 1. The predicted octanol–water partition coefficient (Wildman–Crippen LogP) is 2.21. The monoisotopic (exact) mass is 227 g/mol. The Balaban J connectivity index is 2.62. The lowest BCUT2D eigenvalue weighted by molar-refractivity contribution is -0.384. The summed E-state index contributed by atoms with van der Waals surface area (Å²) in [7, 11) is 0. The predicted molar refractivity (Wildman–Crippen MR) is 60.9 cm³/mol. The van der Waals surface area contributed by atoms with Gasteiger partial charge in [-0.2, -0.15) is 11.8 Å². The van der Waals surface area contributed by atoms with Gasteiger partial charge in [-0.1, -0.05) is 19.1 Å². The highest BCUT2D eigenvalue weighted by molar-refractivity contribution is 7.99. The second-order valence-electron chi connectivity index (χ2n) is 3.23. The van der Waals surface area contributed by atoms with Crippen molar-refractivity contribution in [1.82, 2.24) is 0 Å². The largest absolute Gasteiger partial charge is 0.395 e. The lowest BCUT2D eigenvalue weighted by atomic mass is 10.2. The normalized spacial score (nSPS) is 12.4. The molecule has 0 heterocycles. The molecule has 0 aliphatic rings. The van der Waals surface area contributed by atoms with Crippen molar-refractivity contribution in [2.75, 3.05) is 6.61 Å². The molecule has 5 heteroatoms. The number of rotatable bonds is 5. The molecular formula is C10H13NO3S. The van der Waals surface area contributed by atoms with E-state index in [0.29, 0.717) is 5.75 Å². The fourth-order valence-electron chi connectivity index (χ4n) is 1.05. The molecule has 4 nitrogen and oxygen atoms in total. The minimum absolute atomic E-state index is 0.116. The van der Waals surface area contributed by atoms with Crippen LogP contribution in [0, 0.1) is 10.1 Å². The van der Waals surface area contributed by atoms with Crippen molar-refractivity contribution < 1.29 is 10.0 Å². The van der Waals surface area contributed by atoms with E-state index in [1.54, 1.807) is 23.9 Å². The van der Waals surface area contributed by atoms with Gasteiger partial charge in [0.15, 0.2) is 0 Å². The van der Waals surface area contributed by atoms with E-state index < -0.39 is 4.92 Å². The number of nitro benzene ring substituents is 1. The first-order valence-electron chi connectivity index (χ1n) is 4.59. The average molecular weight is 227 g/mol. The third kappa shape index (κ3) is 3.89. The summed E-state index contributed by atoms with van der Waals surface area (Å²) in [5.41, 5.74) is 1.03. The summed E-state index contributed by atoms with van der Waals surface area (Å²) in [6, 6.07) is 6.57. The van der Waals surface area contributed by atoms with Gasteiger partial charge in [-0.05, 0) is 5.56 Å². The molecule has 0 aliphatic carbocycles. The van der Waals surface area contributed by atoms with Crippen LogP contribution in [-0.4, -0.2) is 21.9 Å². The Kier molecular flexibility index (Phi) is 4.58. The van der Waals surface area contributed by atoms with Crippen LogP contribution in [0.1, 0.15) is 12.5 Å². The summed E-state index contributed by atoms with van der Waals surface area (Å²) in [5, 5.41) is 19.5. The lowest BCUT2D eigenvalue weighted by Crippen LogP contribution is -2.02. The molecule has 1 atom stereocenters. The molecule has 1 aromatic carbocycles. The number of aliphatic hydroxyl groups is 1. The quantitative estimate of drug-likeness (QED) is 0.618. The van der Waals surface area contributed by atoms with Crippen LogP contribution in [0.4, 0.5) is 5.69 Å². The smallest absolute Gasteiger partial charge is 0.269 e. The average Bonchev–Trinajstić information content (AvgIpc) is 2.26. The fraction of sp³-hybridized carbons (Fsp3) is 0.400. The van der Waals surface area contributed by atoms with E-state index in [0.717, 1.165) is 5.56 Å². The van der Waals surface area contributed by atoms with E-state index in [1.807, 2.05) is 13.0 Å². The van der Waals surface area contributed by atoms with Gasteiger partial charge in [0, 0.05) is 23.1 Å². The molecule has 0 bridgehead atoms. The Hall–Kier alpha value is -1.07. The maximum atomic E-state index is 10.5. The van der Waals surface area contributed by atoms with E-state index in [4.69, 9.17) is 5.11 Å². The maximum absolute atomic E-state index is 10.5. The molecule has 15 heavy (non-hydrogen) atoms. The van der Waals surface area contributed by atoms with E-state index in [-0.39, 0.29) is 17.5 Å². The van der Waals surface area contributed by atoms with Crippen LogP contribution in [0.3, 0.4) is 0 Å². The molecule has 1 N–H and O–H groups in total. The van der Waals surface area contributed by atoms with Crippen molar-refractivity contribution in [3.05, 3.63) is 39.9 Å². The number of benzene rings is 1. The van der Waals surface area contributed by atoms with E-state index in [1.165, 1.54) is 6.07 Å². The van der Waals surface area contributed by atoms with Gasteiger partial charge < -0.3 is 5.11 Å². The zero-order chi connectivity index (χ0) is 11.3. The molecule has 0 aliphatic heterocycles. The third-order valence-electron chi connectivity index (χ3n) is 1.91. The van der Waals surface area contributed by atoms with Gasteiger partial charge in [0.1, 0.15) is 0 Å². The number of nitro groups is 1. The highest BCUT2D eigenvalue weighted by Crippen LogP contribution is 2.20. The maximum Gasteiger partial charge on any atom is 0.269 e. The zero-order valence-electron chi connectivity index (χ0n) is 8.42. The zero-order valence-corrected chi connectivity index (χ0v) is 9.24. The third-order valence-corrected chi connectivity index (χ3v) is 3.13. The minimum atomic E-state index is -0.399. The molecule has 82 valence electrons. The van der Waals surface area contributed by atoms with E-state index >= 15 is 0 Å². The van der Waals surface area contributed by atoms with Crippen molar-refractivity contribution in [3.63, 3.8) is 0 Å². The van der Waals surface area contributed by atoms with E-state index in [2.05, 4.69) is 0 Å². The molecule has 0 saturated heterocycles. The molecule has 1 unspecified atom stereocenters. The van der Waals surface area contributed by atoms with Crippen LogP contribution >= 0.6 is 11.8 Å². The van der Waals surface area contributed by atoms with Crippen LogP contribution in [0.2, 0.25) is 0 Å². The SMILES string of the molecule is CC(CO)SCc1cccc([N+](=O)[O-])c1. The standard InChI is InChI=1S/C10H13NO3S/c1-8(6-12)15-7-9-3-2-4-10(5-9)11(13)14/h2-5,8,12H,6-7H2,1H3. The Bertz CT molecular complexity index is 343. The van der Waals surface area contributed by atoms with Crippen LogP contribution in [-0.2, 0) is 5.75 Å². The minimum Gasteiger partial charge on any atom is -0.395 e. The Morgan fingerprint density at radius 3 is 2.93 bits per heavy atom. The Morgan fingerprint density at radius 1 is 1.60 bits per heavy atom. The number of non-ortho nitro benzene ring substituents is 1. The molecular weight excluding hydrogens is 214 g/mol. The van der Waals surface area contributed by atoms with Crippen molar-refractivity contribution in [2.24, 2.45) is 0 Å². The topological polar surface area (TPSA) is 63.4 Å². The number of nitrogens with zero attached hydrogens (tertiary/aromatic N) is 1. The summed E-state index contributed by atoms with van der Waals surface area (Å²) in [6.07, 6.45) is 0. The van der Waals surface area contributed by atoms with Gasteiger partial charge in [0.2, 0.25) is 0 Å². The molecule has 1 rings (SSSR count). The highest BCUT2D eigenvalue weighted by atomic mass is 32.2. The molecule has 0 radical (unpaired) electrons. The van der Waals surface area contributed by atoms with Crippen molar-refractivity contribution in [3.8, 4) is 0 Å². The van der Waals surface area contributed by atoms with Crippen LogP contribution in [0.25, 0.3) is 0 Å². The van der Waals surface area contributed by atoms with E-state index in [9.17, 15) is 10.1 Å². The molecule has 0 amide bonds. The molecule has 1 aromatic rings. The summed E-state index contributed by atoms with van der Waals surface area (Å²) in [5.74, 6) is 0.684. The van der Waals surface area contributed by atoms with Crippen molar-refractivity contribution >= 4 is 17.4 Å². The van der Waals surface area contributed by atoms with Gasteiger partial charge in [0.05, 0.1) is 11.5 Å². The van der Waals surface area contributed by atoms with Crippen LogP contribution in [0.15, 0.2) is 24.3 Å². The summed E-state index contributed by atoms with van der Waals surface area (Å²) >= 11 is 1.58. The molecule has 0 aromatic heterocycles. The second kappa shape index (κ2) is 5.72. The second-order valence-corrected chi connectivity index (χ2v) is 4.66. The van der Waals surface area contributed by atoms with Crippen LogP contribution in [0.5, 0.6) is 0 Å².